The van der Waals surface area contributed by atoms with Gasteiger partial charge in [-0.1, -0.05) is 26.0 Å². The number of hydrogen-bond acceptors (Lipinski definition) is 7. The lowest BCUT2D eigenvalue weighted by Gasteiger charge is -2.24. The zero-order chi connectivity index (χ0) is 27.4. The summed E-state index contributed by atoms with van der Waals surface area (Å²) in [5, 5.41) is 10.6. The molecule has 0 saturated carbocycles. The SMILES string of the molecule is CCOCCNC(=O)[C@@H]1CC(=O)N(C)CC(=O)N[C@H](C(C)C)C(=O)NCCOc2ccccc2C(=O)N1. The monoisotopic (exact) mass is 519 g/mol. The summed E-state index contributed by atoms with van der Waals surface area (Å²) in [5.74, 6) is -2.59. The van der Waals surface area contributed by atoms with Gasteiger partial charge in [0, 0.05) is 20.2 Å². The van der Waals surface area contributed by atoms with E-state index >= 15 is 0 Å². The number of likely N-dealkylation sites (N-methyl/N-ethyl adjacent to an activating group) is 1. The van der Waals surface area contributed by atoms with Crippen LogP contribution in [0.15, 0.2) is 24.3 Å². The molecule has 0 bridgehead atoms. The van der Waals surface area contributed by atoms with E-state index in [1.54, 1.807) is 32.0 Å². The Labute approximate surface area is 216 Å². The first-order chi connectivity index (χ1) is 17.6. The van der Waals surface area contributed by atoms with Crippen molar-refractivity contribution in [3.63, 3.8) is 0 Å². The van der Waals surface area contributed by atoms with E-state index in [-0.39, 0.29) is 62.4 Å². The fourth-order valence-electron chi connectivity index (χ4n) is 3.57. The van der Waals surface area contributed by atoms with E-state index in [9.17, 15) is 24.0 Å². The molecule has 5 amide bonds. The van der Waals surface area contributed by atoms with Crippen molar-refractivity contribution in [2.75, 3.05) is 46.5 Å². The minimum absolute atomic E-state index is 0.0668. The zero-order valence-electron chi connectivity index (χ0n) is 21.8. The quantitative estimate of drug-likeness (QED) is 0.367. The Balaban J connectivity index is 2.31. The molecule has 0 spiro atoms. The summed E-state index contributed by atoms with van der Waals surface area (Å²) < 4.78 is 10.9. The minimum atomic E-state index is -1.21. The molecule has 0 aliphatic carbocycles. The number of benzene rings is 1. The highest BCUT2D eigenvalue weighted by Gasteiger charge is 2.29. The maximum absolute atomic E-state index is 13.1. The first kappa shape index (κ1) is 29.6. The highest BCUT2D eigenvalue weighted by atomic mass is 16.5. The minimum Gasteiger partial charge on any atom is -0.491 e. The summed E-state index contributed by atoms with van der Waals surface area (Å²) in [4.78, 5) is 65.3. The number of nitrogens with zero attached hydrogens (tertiary/aromatic N) is 1. The molecule has 0 aromatic heterocycles. The third-order valence-corrected chi connectivity index (χ3v) is 5.61. The first-order valence-corrected chi connectivity index (χ1v) is 12.3. The van der Waals surface area contributed by atoms with E-state index in [4.69, 9.17) is 9.47 Å². The number of carbonyl (C=O) groups excluding carboxylic acids is 5. The molecule has 4 N–H and O–H groups in total. The lowest BCUT2D eigenvalue weighted by molar-refractivity contribution is -0.137. The number of amides is 5. The molecular weight excluding hydrogens is 482 g/mol. The fourth-order valence-corrected chi connectivity index (χ4v) is 3.57. The molecule has 204 valence electrons. The van der Waals surface area contributed by atoms with Gasteiger partial charge >= 0.3 is 0 Å². The van der Waals surface area contributed by atoms with Crippen molar-refractivity contribution in [2.24, 2.45) is 5.92 Å². The summed E-state index contributed by atoms with van der Waals surface area (Å²) in [6.07, 6.45) is -0.382. The lowest BCUT2D eigenvalue weighted by atomic mass is 10.0. The van der Waals surface area contributed by atoms with Crippen LogP contribution in [-0.4, -0.2) is 93.0 Å². The van der Waals surface area contributed by atoms with E-state index in [1.165, 1.54) is 13.1 Å². The van der Waals surface area contributed by atoms with Gasteiger partial charge in [-0.3, -0.25) is 24.0 Å². The van der Waals surface area contributed by atoms with Crippen LogP contribution in [0.1, 0.15) is 37.6 Å². The molecule has 1 aromatic carbocycles. The second-order valence-electron chi connectivity index (χ2n) is 8.89. The second-order valence-corrected chi connectivity index (χ2v) is 8.89. The molecule has 0 saturated heterocycles. The maximum Gasteiger partial charge on any atom is 0.255 e. The van der Waals surface area contributed by atoms with Crippen molar-refractivity contribution in [3.8, 4) is 5.75 Å². The second kappa shape index (κ2) is 14.8. The van der Waals surface area contributed by atoms with Crippen molar-refractivity contribution in [1.29, 1.82) is 0 Å². The molecule has 37 heavy (non-hydrogen) atoms. The van der Waals surface area contributed by atoms with Gasteiger partial charge < -0.3 is 35.6 Å². The van der Waals surface area contributed by atoms with E-state index in [0.29, 0.717) is 6.61 Å². The summed E-state index contributed by atoms with van der Waals surface area (Å²) in [6.45, 7) is 6.24. The summed E-state index contributed by atoms with van der Waals surface area (Å²) >= 11 is 0. The van der Waals surface area contributed by atoms with Gasteiger partial charge in [-0.15, -0.1) is 0 Å². The van der Waals surface area contributed by atoms with Crippen LogP contribution in [0.3, 0.4) is 0 Å². The normalized spacial score (nSPS) is 20.2. The molecule has 0 fully saturated rings. The van der Waals surface area contributed by atoms with Crippen molar-refractivity contribution in [1.82, 2.24) is 26.2 Å². The van der Waals surface area contributed by atoms with Crippen molar-refractivity contribution in [3.05, 3.63) is 29.8 Å². The fraction of sp³-hybridized carbons (Fsp3) is 0.560. The number of para-hydroxylation sites is 1. The molecule has 2 atom stereocenters. The van der Waals surface area contributed by atoms with Crippen LogP contribution >= 0.6 is 0 Å². The average Bonchev–Trinajstić information content (AvgIpc) is 2.86. The molecule has 12 heteroatoms. The average molecular weight is 520 g/mol. The Hall–Kier alpha value is -3.67. The number of fused-ring (bicyclic) bond motifs is 1. The highest BCUT2D eigenvalue weighted by molar-refractivity contribution is 6.01. The number of ether oxygens (including phenoxy) is 2. The van der Waals surface area contributed by atoms with E-state index in [2.05, 4.69) is 21.3 Å². The van der Waals surface area contributed by atoms with Crippen LogP contribution in [0.25, 0.3) is 0 Å². The van der Waals surface area contributed by atoms with Gasteiger partial charge in [-0.2, -0.15) is 0 Å². The van der Waals surface area contributed by atoms with Crippen LogP contribution in [0.5, 0.6) is 5.75 Å². The molecule has 1 aromatic rings. The maximum atomic E-state index is 13.1. The zero-order valence-corrected chi connectivity index (χ0v) is 21.8. The molecule has 1 aliphatic heterocycles. The Kier molecular flexibility index (Phi) is 11.8. The molecule has 2 rings (SSSR count). The third-order valence-electron chi connectivity index (χ3n) is 5.61. The number of carbonyl (C=O) groups is 5. The van der Waals surface area contributed by atoms with Gasteiger partial charge in [0.25, 0.3) is 5.91 Å². The van der Waals surface area contributed by atoms with Crippen LogP contribution in [0.4, 0.5) is 0 Å². The highest BCUT2D eigenvalue weighted by Crippen LogP contribution is 2.18. The third kappa shape index (κ3) is 9.37. The number of hydrogen-bond donors (Lipinski definition) is 4. The summed E-state index contributed by atoms with van der Waals surface area (Å²) in [6, 6.07) is 4.44. The van der Waals surface area contributed by atoms with Crippen LogP contribution in [0, 0.1) is 5.92 Å². The molecule has 1 heterocycles. The predicted octanol–water partition coefficient (Wildman–Crippen LogP) is -0.564. The molecule has 0 radical (unpaired) electrons. The van der Waals surface area contributed by atoms with Gasteiger partial charge in [0.1, 0.15) is 24.4 Å². The largest absolute Gasteiger partial charge is 0.491 e. The summed E-state index contributed by atoms with van der Waals surface area (Å²) in [7, 11) is 1.41. The van der Waals surface area contributed by atoms with Crippen molar-refractivity contribution in [2.45, 2.75) is 39.3 Å². The topological polar surface area (TPSA) is 155 Å². The lowest BCUT2D eigenvalue weighted by Crippen LogP contribution is -2.53. The van der Waals surface area contributed by atoms with E-state index < -0.39 is 35.7 Å². The van der Waals surface area contributed by atoms with Gasteiger partial charge in [-0.25, -0.2) is 0 Å². The molecule has 12 nitrogen and oxygen atoms in total. The van der Waals surface area contributed by atoms with Crippen molar-refractivity contribution >= 4 is 29.5 Å². The predicted molar refractivity (Wildman–Crippen MR) is 135 cm³/mol. The van der Waals surface area contributed by atoms with E-state index in [0.717, 1.165) is 4.90 Å². The molecule has 0 unspecified atom stereocenters. The Morgan fingerprint density at radius 1 is 1.19 bits per heavy atom. The van der Waals surface area contributed by atoms with Gasteiger partial charge in [-0.05, 0) is 25.0 Å². The van der Waals surface area contributed by atoms with Crippen LogP contribution in [-0.2, 0) is 23.9 Å². The number of rotatable bonds is 6. The Morgan fingerprint density at radius 3 is 2.62 bits per heavy atom. The molecule has 1 aliphatic rings. The van der Waals surface area contributed by atoms with Gasteiger partial charge in [0.05, 0.1) is 31.7 Å². The van der Waals surface area contributed by atoms with Gasteiger partial charge in [0.15, 0.2) is 0 Å². The van der Waals surface area contributed by atoms with Crippen LogP contribution < -0.4 is 26.0 Å². The number of nitrogens with one attached hydrogen (secondary N) is 4. The van der Waals surface area contributed by atoms with E-state index in [1.807, 2.05) is 6.92 Å². The van der Waals surface area contributed by atoms with Crippen molar-refractivity contribution < 1.29 is 33.4 Å². The van der Waals surface area contributed by atoms with Crippen LogP contribution in [0.2, 0.25) is 0 Å². The molecular formula is C25H37N5O7. The Bertz CT molecular complexity index is 969. The smallest absolute Gasteiger partial charge is 0.255 e. The standard InChI is InChI=1S/C25H37N5O7/c1-5-36-12-10-26-24(34)18-14-21(32)30(4)15-20(31)29-22(16(2)3)25(35)27-11-13-37-19-9-7-6-8-17(19)23(33)28-18/h6-9,16,18,22H,5,10-15H2,1-4H3,(H,26,34)(H,27,35)(H,28,33)(H,29,31)/t18-,22+/m0/s1. The van der Waals surface area contributed by atoms with Gasteiger partial charge in [0.2, 0.25) is 23.6 Å². The summed E-state index contributed by atoms with van der Waals surface area (Å²) in [5.41, 5.74) is 0.169. The first-order valence-electron chi connectivity index (χ1n) is 12.3. The Morgan fingerprint density at radius 2 is 1.92 bits per heavy atom.